The van der Waals surface area contributed by atoms with Crippen LogP contribution in [-0.2, 0) is 0 Å². The summed E-state index contributed by atoms with van der Waals surface area (Å²) in [5.74, 6) is 0. The number of hydrogen-bond donors (Lipinski definition) is 0. The van der Waals surface area contributed by atoms with E-state index >= 15 is 0 Å². The van der Waals surface area contributed by atoms with Crippen LogP contribution in [0.5, 0.6) is 0 Å². The van der Waals surface area contributed by atoms with Gasteiger partial charge in [0.15, 0.2) is 0 Å². The van der Waals surface area contributed by atoms with Crippen LogP contribution in [0.25, 0.3) is 33.2 Å². The van der Waals surface area contributed by atoms with Crippen molar-refractivity contribution < 1.29 is 0 Å². The summed E-state index contributed by atoms with van der Waals surface area (Å²) < 4.78 is 4.88. The number of para-hydroxylation sites is 4. The Bertz CT molecular complexity index is 2540. The quantitative estimate of drug-likeness (QED) is 0.165. The monoisotopic (exact) mass is 664 g/mol. The molecule has 2 aliphatic rings. The molecule has 0 atom stereocenters. The molecule has 244 valence electrons. The molecule has 11 rings (SSSR count). The number of nitrogens with zero attached hydrogens (tertiary/aromatic N) is 4. The second-order valence-corrected chi connectivity index (χ2v) is 13.9. The Morgan fingerprint density at radius 3 is 1.15 bits per heavy atom. The molecule has 9 aromatic rings. The molecule has 52 heavy (non-hydrogen) atoms. The zero-order valence-electron chi connectivity index (χ0n) is 28.7. The molecule has 4 nitrogen and oxygen atoms in total. The lowest BCUT2D eigenvalue weighted by Crippen LogP contribution is -2.59. The molecule has 2 aromatic heterocycles. The summed E-state index contributed by atoms with van der Waals surface area (Å²) >= 11 is 0. The van der Waals surface area contributed by atoms with Crippen molar-refractivity contribution in [2.75, 3.05) is 9.80 Å². The number of aryl methyl sites for hydroxylation is 1. The number of benzene rings is 7. The summed E-state index contributed by atoms with van der Waals surface area (Å²) in [5, 5.41) is 2.49. The number of anilines is 6. The van der Waals surface area contributed by atoms with Gasteiger partial charge in [-0.3, -0.25) is 0 Å². The third kappa shape index (κ3) is 4.11. The van der Waals surface area contributed by atoms with Crippen molar-refractivity contribution in [2.24, 2.45) is 0 Å². The lowest BCUT2D eigenvalue weighted by molar-refractivity contribution is 1.09. The fraction of sp³-hybridized carbons (Fsp3) is 0.0213. The highest BCUT2D eigenvalue weighted by Gasteiger charge is 2.40. The molecule has 5 heteroatoms. The predicted octanol–water partition coefficient (Wildman–Crippen LogP) is 9.97. The van der Waals surface area contributed by atoms with Crippen LogP contribution >= 0.6 is 0 Å². The molecule has 0 fully saturated rings. The van der Waals surface area contributed by atoms with E-state index in [9.17, 15) is 0 Å². The average Bonchev–Trinajstić information content (AvgIpc) is 3.85. The van der Waals surface area contributed by atoms with E-state index in [1.54, 1.807) is 0 Å². The minimum atomic E-state index is 0.0901. The van der Waals surface area contributed by atoms with Crippen molar-refractivity contribution in [1.82, 2.24) is 9.13 Å². The lowest BCUT2D eigenvalue weighted by Gasteiger charge is -2.35. The summed E-state index contributed by atoms with van der Waals surface area (Å²) in [6, 6.07) is 61.7. The summed E-state index contributed by atoms with van der Waals surface area (Å²) in [6.45, 7) is 2.32. The summed E-state index contributed by atoms with van der Waals surface area (Å²) in [4.78, 5) is 4.78. The molecule has 0 aliphatic carbocycles. The highest BCUT2D eigenvalue weighted by atomic mass is 15.2. The Morgan fingerprint density at radius 2 is 0.788 bits per heavy atom. The number of aromatic nitrogens is 2. The fourth-order valence-electron chi connectivity index (χ4n) is 8.89. The van der Waals surface area contributed by atoms with Crippen molar-refractivity contribution in [3.05, 3.63) is 188 Å². The SMILES string of the molecule is Cc1cc2c3c(c1)-n1ccc4c(N(c5ccccc5)c5ccccc5)ccc(c41)B3c1ccc(N(c3ccccc3)c3ccccc3)c3ccn-2c13. The van der Waals surface area contributed by atoms with Crippen LogP contribution in [0, 0.1) is 6.92 Å². The Hall–Kier alpha value is -6.72. The van der Waals surface area contributed by atoms with Gasteiger partial charge < -0.3 is 18.9 Å². The number of rotatable bonds is 6. The van der Waals surface area contributed by atoms with Gasteiger partial charge in [0.1, 0.15) is 0 Å². The van der Waals surface area contributed by atoms with Crippen molar-refractivity contribution >= 4 is 79.0 Å². The highest BCUT2D eigenvalue weighted by Crippen LogP contribution is 2.43. The summed E-state index contributed by atoms with van der Waals surface area (Å²) in [7, 11) is 0. The topological polar surface area (TPSA) is 16.3 Å². The molecular formula is C47H33BN4. The van der Waals surface area contributed by atoms with Crippen molar-refractivity contribution in [3.8, 4) is 11.4 Å². The van der Waals surface area contributed by atoms with E-state index in [4.69, 9.17) is 0 Å². The van der Waals surface area contributed by atoms with E-state index in [-0.39, 0.29) is 6.71 Å². The van der Waals surface area contributed by atoms with Crippen LogP contribution in [0.1, 0.15) is 5.56 Å². The molecule has 0 saturated carbocycles. The van der Waals surface area contributed by atoms with E-state index in [1.807, 2.05) is 0 Å². The van der Waals surface area contributed by atoms with Crippen molar-refractivity contribution in [2.45, 2.75) is 6.92 Å². The Kier molecular flexibility index (Phi) is 6.23. The van der Waals surface area contributed by atoms with Gasteiger partial charge in [0.25, 0.3) is 6.71 Å². The predicted molar refractivity (Wildman–Crippen MR) is 219 cm³/mol. The largest absolute Gasteiger partial charge is 0.317 e. The zero-order valence-corrected chi connectivity index (χ0v) is 28.7. The maximum atomic E-state index is 2.44. The minimum Gasteiger partial charge on any atom is -0.317 e. The average molecular weight is 665 g/mol. The summed E-state index contributed by atoms with van der Waals surface area (Å²) in [5.41, 5.74) is 17.3. The van der Waals surface area contributed by atoms with E-state index in [0.29, 0.717) is 0 Å². The van der Waals surface area contributed by atoms with Gasteiger partial charge in [-0.25, -0.2) is 0 Å². The third-order valence-corrected chi connectivity index (χ3v) is 11.0. The Labute approximate surface area is 303 Å². The van der Waals surface area contributed by atoms with Crippen LogP contribution in [-0.4, -0.2) is 15.8 Å². The number of hydrogen-bond acceptors (Lipinski definition) is 2. The van der Waals surface area contributed by atoms with Crippen LogP contribution in [0.4, 0.5) is 34.1 Å². The van der Waals surface area contributed by atoms with E-state index in [1.165, 1.54) is 66.5 Å². The van der Waals surface area contributed by atoms with Gasteiger partial charge in [0, 0.05) is 57.3 Å². The molecule has 0 saturated heterocycles. The maximum absolute atomic E-state index is 2.44. The second-order valence-electron chi connectivity index (χ2n) is 13.9. The molecule has 0 radical (unpaired) electrons. The third-order valence-electron chi connectivity index (χ3n) is 11.0. The molecule has 0 bridgehead atoms. The van der Waals surface area contributed by atoms with E-state index in [2.05, 4.69) is 208 Å². The maximum Gasteiger partial charge on any atom is 0.252 e. The Balaban J connectivity index is 1.17. The van der Waals surface area contributed by atoms with E-state index < -0.39 is 0 Å². The van der Waals surface area contributed by atoms with Gasteiger partial charge in [0.2, 0.25) is 0 Å². The molecule has 2 aliphatic heterocycles. The lowest BCUT2D eigenvalue weighted by atomic mass is 9.34. The van der Waals surface area contributed by atoms with Crippen LogP contribution in [0.3, 0.4) is 0 Å². The smallest absolute Gasteiger partial charge is 0.252 e. The Morgan fingerprint density at radius 1 is 0.423 bits per heavy atom. The van der Waals surface area contributed by atoms with Crippen LogP contribution in [0.15, 0.2) is 182 Å². The van der Waals surface area contributed by atoms with Gasteiger partial charge >= 0.3 is 0 Å². The van der Waals surface area contributed by atoms with Crippen molar-refractivity contribution in [3.63, 3.8) is 0 Å². The first-order valence-electron chi connectivity index (χ1n) is 18.0. The van der Waals surface area contributed by atoms with Gasteiger partial charge in [0.05, 0.1) is 22.4 Å². The van der Waals surface area contributed by atoms with Crippen LogP contribution in [0.2, 0.25) is 0 Å². The van der Waals surface area contributed by atoms with E-state index in [0.717, 1.165) is 22.7 Å². The van der Waals surface area contributed by atoms with Gasteiger partial charge in [-0.15, -0.1) is 0 Å². The minimum absolute atomic E-state index is 0.0901. The van der Waals surface area contributed by atoms with Gasteiger partial charge in [-0.1, -0.05) is 84.9 Å². The molecule has 0 amide bonds. The summed E-state index contributed by atoms with van der Waals surface area (Å²) in [6.07, 6.45) is 4.55. The molecule has 0 N–H and O–H groups in total. The highest BCUT2D eigenvalue weighted by molar-refractivity contribution is 7.00. The van der Waals surface area contributed by atoms with Crippen molar-refractivity contribution in [1.29, 1.82) is 0 Å². The zero-order chi connectivity index (χ0) is 34.3. The molecule has 7 aromatic carbocycles. The molecule has 0 spiro atoms. The number of fused-ring (bicyclic) bond motifs is 4. The first-order valence-corrected chi connectivity index (χ1v) is 18.0. The molecule has 4 heterocycles. The fourth-order valence-corrected chi connectivity index (χ4v) is 8.89. The second kappa shape index (κ2) is 11.1. The molecule has 0 unspecified atom stereocenters. The van der Waals surface area contributed by atoms with Crippen LogP contribution < -0.4 is 26.2 Å². The first-order chi connectivity index (χ1) is 25.7. The normalized spacial score (nSPS) is 12.3. The van der Waals surface area contributed by atoms with Gasteiger partial charge in [-0.05, 0) is 114 Å². The first kappa shape index (κ1) is 29.1. The standard InChI is InChI=1S/C47H33BN4/c1-32-30-43-45-44(31-32)50-29-27-38-42(52(35-18-10-4-11-19-35)36-20-12-5-13-21-36)25-23-40(47(38)50)48(45)39-22-24-41(37-26-28-49(43)46(37)39)51(33-14-6-2-7-15-33)34-16-8-3-9-17-34/h2-31H,1H3. The van der Waals surface area contributed by atoms with Gasteiger partial charge in [-0.2, -0.15) is 0 Å². The molecular weight excluding hydrogens is 631 g/mol.